The van der Waals surface area contributed by atoms with Crippen LogP contribution in [0.4, 0.5) is 0 Å². The Balaban J connectivity index is 1.04. The summed E-state index contributed by atoms with van der Waals surface area (Å²) in [7, 11) is -3.05. The van der Waals surface area contributed by atoms with Gasteiger partial charge in [-0.1, -0.05) is 200 Å². The standard InChI is InChI=1S/C66H45N3Si/c1-4-21-46(22-5-1)54-35-20-40-65-66(54)59-45-49(68-62-38-16-12-33-57(62)58-34-13-17-39-63(58)68)41-42-64(59)69(65)48-24-19-30-53(44-48)70(50-25-6-2-7-26-50,51-27-8-3-9-28-51)52-29-18-23-47(43-52)67-60-36-14-10-31-55(60)56-32-11-15-37-61(56)67/h1-45H. The van der Waals surface area contributed by atoms with Crippen LogP contribution in [0.25, 0.3) is 93.6 Å². The molecule has 0 aliphatic heterocycles. The molecule has 0 aliphatic carbocycles. The zero-order valence-corrected chi connectivity index (χ0v) is 39.3. The molecule has 0 saturated heterocycles. The fourth-order valence-electron chi connectivity index (χ4n) is 11.9. The number of aromatic nitrogens is 3. The SMILES string of the molecule is c1ccc(-c2cccc3c2c2cc(-n4c5ccccc5c5ccccc54)ccc2n3-c2cccc([Si](c3ccccc3)(c3ccccc3)c3cccc(-n4c5ccccc5c5ccccc54)c3)c2)cc1. The maximum atomic E-state index is 2.51. The molecule has 0 atom stereocenters. The van der Waals surface area contributed by atoms with Gasteiger partial charge < -0.3 is 13.7 Å². The van der Waals surface area contributed by atoms with Crippen molar-refractivity contribution in [2.45, 2.75) is 0 Å². The van der Waals surface area contributed by atoms with Gasteiger partial charge in [0.25, 0.3) is 0 Å². The van der Waals surface area contributed by atoms with Crippen molar-refractivity contribution in [2.24, 2.45) is 0 Å². The minimum absolute atomic E-state index is 1.13. The van der Waals surface area contributed by atoms with Crippen LogP contribution in [-0.2, 0) is 0 Å². The minimum atomic E-state index is -3.05. The highest BCUT2D eigenvalue weighted by Gasteiger charge is 2.42. The second-order valence-corrected chi connectivity index (χ2v) is 22.2. The minimum Gasteiger partial charge on any atom is -0.309 e. The van der Waals surface area contributed by atoms with Crippen molar-refractivity contribution in [3.05, 3.63) is 273 Å². The Bertz CT molecular complexity index is 4150. The van der Waals surface area contributed by atoms with E-state index >= 15 is 0 Å². The van der Waals surface area contributed by atoms with Crippen molar-refractivity contribution in [3.8, 4) is 28.2 Å². The van der Waals surface area contributed by atoms with Crippen molar-refractivity contribution in [2.75, 3.05) is 0 Å². The molecular weight excluding hydrogens is 863 g/mol. The van der Waals surface area contributed by atoms with E-state index in [1.54, 1.807) is 0 Å². The van der Waals surface area contributed by atoms with Gasteiger partial charge in [-0.2, -0.15) is 0 Å². The number of nitrogens with zero attached hydrogens (tertiary/aromatic N) is 3. The van der Waals surface area contributed by atoms with Crippen LogP contribution < -0.4 is 20.7 Å². The number of benzene rings is 11. The molecule has 328 valence electrons. The zero-order chi connectivity index (χ0) is 46.2. The molecule has 0 spiro atoms. The first kappa shape index (κ1) is 40.1. The van der Waals surface area contributed by atoms with Gasteiger partial charge in [-0.05, 0) is 105 Å². The molecule has 14 aromatic rings. The summed E-state index contributed by atoms with van der Waals surface area (Å²) in [6.45, 7) is 0. The average molecular weight is 908 g/mol. The van der Waals surface area contributed by atoms with E-state index in [0.29, 0.717) is 0 Å². The van der Waals surface area contributed by atoms with E-state index in [-0.39, 0.29) is 0 Å². The molecule has 0 N–H and O–H groups in total. The quantitative estimate of drug-likeness (QED) is 0.107. The maximum Gasteiger partial charge on any atom is 0.179 e. The highest BCUT2D eigenvalue weighted by molar-refractivity contribution is 7.20. The van der Waals surface area contributed by atoms with Crippen molar-refractivity contribution in [3.63, 3.8) is 0 Å². The van der Waals surface area contributed by atoms with Crippen LogP contribution in [-0.4, -0.2) is 21.8 Å². The molecule has 4 heteroatoms. The van der Waals surface area contributed by atoms with E-state index < -0.39 is 8.07 Å². The monoisotopic (exact) mass is 907 g/mol. The molecule has 0 fully saturated rings. The van der Waals surface area contributed by atoms with Gasteiger partial charge in [-0.25, -0.2) is 0 Å². The van der Waals surface area contributed by atoms with E-state index in [9.17, 15) is 0 Å². The summed E-state index contributed by atoms with van der Waals surface area (Å²) < 4.78 is 7.40. The fraction of sp³-hybridized carbons (Fsp3) is 0. The van der Waals surface area contributed by atoms with Crippen molar-refractivity contribution in [1.82, 2.24) is 13.7 Å². The summed E-state index contributed by atoms with van der Waals surface area (Å²) in [6.07, 6.45) is 0. The lowest BCUT2D eigenvalue weighted by Gasteiger charge is -2.35. The highest BCUT2D eigenvalue weighted by atomic mass is 28.3. The fourth-order valence-corrected chi connectivity index (χ4v) is 16.7. The van der Waals surface area contributed by atoms with Gasteiger partial charge in [0.05, 0.1) is 33.1 Å². The van der Waals surface area contributed by atoms with E-state index in [0.717, 1.165) is 17.1 Å². The Hall–Kier alpha value is -8.96. The van der Waals surface area contributed by atoms with Crippen LogP contribution in [0.5, 0.6) is 0 Å². The van der Waals surface area contributed by atoms with Crippen LogP contribution in [0.2, 0.25) is 0 Å². The van der Waals surface area contributed by atoms with Crippen molar-refractivity contribution < 1.29 is 0 Å². The molecule has 3 aromatic heterocycles. The van der Waals surface area contributed by atoms with Gasteiger partial charge in [0.15, 0.2) is 8.07 Å². The molecule has 14 rings (SSSR count). The lowest BCUT2D eigenvalue weighted by Crippen LogP contribution is -2.74. The smallest absolute Gasteiger partial charge is 0.179 e. The Kier molecular flexibility index (Phi) is 9.23. The summed E-state index contributed by atoms with van der Waals surface area (Å²) in [6, 6.07) is 102. The molecule has 70 heavy (non-hydrogen) atoms. The lowest BCUT2D eigenvalue weighted by molar-refractivity contribution is 1.17. The first-order chi connectivity index (χ1) is 34.8. The first-order valence-corrected chi connectivity index (χ1v) is 26.2. The van der Waals surface area contributed by atoms with Gasteiger partial charge in [0.1, 0.15) is 0 Å². The normalized spacial score (nSPS) is 12.0. The summed E-state index contributed by atoms with van der Waals surface area (Å²) in [5, 5.41) is 12.8. The summed E-state index contributed by atoms with van der Waals surface area (Å²) in [5.74, 6) is 0. The van der Waals surface area contributed by atoms with Gasteiger partial charge in [-0.15, -0.1) is 0 Å². The van der Waals surface area contributed by atoms with Crippen LogP contribution >= 0.6 is 0 Å². The molecule has 3 nitrogen and oxygen atoms in total. The second kappa shape index (κ2) is 16.1. The molecule has 11 aromatic carbocycles. The molecule has 3 heterocycles. The molecule has 0 amide bonds. The Morgan fingerprint density at radius 2 is 0.586 bits per heavy atom. The number of fused-ring (bicyclic) bond motifs is 9. The molecule has 0 bridgehead atoms. The van der Waals surface area contributed by atoms with Gasteiger partial charge >= 0.3 is 0 Å². The third-order valence-electron chi connectivity index (χ3n) is 14.8. The zero-order valence-electron chi connectivity index (χ0n) is 38.3. The van der Waals surface area contributed by atoms with Crippen LogP contribution in [0.3, 0.4) is 0 Å². The Morgan fingerprint density at radius 1 is 0.229 bits per heavy atom. The summed E-state index contributed by atoms with van der Waals surface area (Å²) in [4.78, 5) is 0. The van der Waals surface area contributed by atoms with Gasteiger partial charge in [0, 0.05) is 49.4 Å². The van der Waals surface area contributed by atoms with E-state index in [2.05, 4.69) is 287 Å². The number of para-hydroxylation sites is 4. The Morgan fingerprint density at radius 3 is 1.07 bits per heavy atom. The van der Waals surface area contributed by atoms with Crippen molar-refractivity contribution in [1.29, 1.82) is 0 Å². The van der Waals surface area contributed by atoms with Crippen molar-refractivity contribution >= 4 is 94.2 Å². The number of hydrogen-bond donors (Lipinski definition) is 0. The second-order valence-electron chi connectivity index (χ2n) is 18.4. The van der Waals surface area contributed by atoms with Gasteiger partial charge in [0.2, 0.25) is 0 Å². The summed E-state index contributed by atoms with van der Waals surface area (Å²) in [5.41, 5.74) is 13.0. The first-order valence-electron chi connectivity index (χ1n) is 24.2. The van der Waals surface area contributed by atoms with E-state index in [1.165, 1.54) is 97.3 Å². The topological polar surface area (TPSA) is 14.8 Å². The lowest BCUT2D eigenvalue weighted by atomic mass is 9.99. The molecule has 0 radical (unpaired) electrons. The van der Waals surface area contributed by atoms with E-state index in [1.807, 2.05) is 0 Å². The predicted octanol–water partition coefficient (Wildman–Crippen LogP) is 14.0. The highest BCUT2D eigenvalue weighted by Crippen LogP contribution is 2.41. The van der Waals surface area contributed by atoms with Gasteiger partial charge in [-0.3, -0.25) is 0 Å². The number of hydrogen-bond acceptors (Lipinski definition) is 0. The van der Waals surface area contributed by atoms with E-state index in [4.69, 9.17) is 0 Å². The summed E-state index contributed by atoms with van der Waals surface area (Å²) >= 11 is 0. The maximum absolute atomic E-state index is 3.05. The van der Waals surface area contributed by atoms with Crippen LogP contribution in [0.1, 0.15) is 0 Å². The molecular formula is C66H45N3Si. The van der Waals surface area contributed by atoms with Crippen LogP contribution in [0.15, 0.2) is 273 Å². The number of rotatable bonds is 8. The average Bonchev–Trinajstić information content (AvgIpc) is 4.08. The predicted molar refractivity (Wildman–Crippen MR) is 299 cm³/mol. The third kappa shape index (κ3) is 6.00. The molecule has 0 saturated carbocycles. The molecule has 0 unspecified atom stereocenters. The third-order valence-corrected chi connectivity index (χ3v) is 19.5. The largest absolute Gasteiger partial charge is 0.309 e. The Labute approximate surface area is 407 Å². The molecule has 0 aliphatic rings. The van der Waals surface area contributed by atoms with Crippen LogP contribution in [0, 0.1) is 0 Å².